The van der Waals surface area contributed by atoms with Crippen LogP contribution in [0.25, 0.3) is 0 Å². The Morgan fingerprint density at radius 1 is 1.00 bits per heavy atom. The van der Waals surface area contributed by atoms with E-state index in [1.807, 2.05) is 0 Å². The smallest absolute Gasteiger partial charge is 0.229 e. The average molecular weight is 468 g/mol. The zero-order chi connectivity index (χ0) is 22.6. The van der Waals surface area contributed by atoms with E-state index in [-0.39, 0.29) is 28.2 Å². The van der Waals surface area contributed by atoms with Gasteiger partial charge in [-0.3, -0.25) is 4.72 Å². The molecule has 0 aliphatic rings. The molecule has 1 aromatic heterocycles. The van der Waals surface area contributed by atoms with Gasteiger partial charge in [0.15, 0.2) is 5.82 Å². The van der Waals surface area contributed by atoms with Gasteiger partial charge in [-0.2, -0.15) is 4.98 Å². The van der Waals surface area contributed by atoms with Crippen molar-refractivity contribution in [2.75, 3.05) is 35.8 Å². The van der Waals surface area contributed by atoms with Gasteiger partial charge >= 0.3 is 0 Å². The van der Waals surface area contributed by atoms with Crippen LogP contribution in [0.4, 0.5) is 33.2 Å². The van der Waals surface area contributed by atoms with E-state index >= 15 is 0 Å². The summed E-state index contributed by atoms with van der Waals surface area (Å²) in [5.74, 6) is 0.635. The van der Waals surface area contributed by atoms with Crippen molar-refractivity contribution in [1.29, 1.82) is 0 Å². The van der Waals surface area contributed by atoms with Crippen molar-refractivity contribution < 1.29 is 22.3 Å². The number of methoxy groups -OCH3 is 2. The van der Waals surface area contributed by atoms with Gasteiger partial charge in [-0.05, 0) is 24.3 Å². The summed E-state index contributed by atoms with van der Waals surface area (Å²) in [6.07, 6.45) is 2.40. The predicted molar refractivity (Wildman–Crippen MR) is 118 cm³/mol. The van der Waals surface area contributed by atoms with Crippen LogP contribution in [0.5, 0.6) is 11.5 Å². The summed E-state index contributed by atoms with van der Waals surface area (Å²) < 4.78 is 49.6. The van der Waals surface area contributed by atoms with Crippen molar-refractivity contribution >= 4 is 50.5 Å². The van der Waals surface area contributed by atoms with Crippen LogP contribution >= 0.6 is 11.6 Å². The maximum Gasteiger partial charge on any atom is 0.229 e. The molecule has 9 nitrogen and oxygen atoms in total. The lowest BCUT2D eigenvalue weighted by atomic mass is 10.2. The average Bonchev–Trinajstić information content (AvgIpc) is 2.71. The molecule has 0 amide bonds. The minimum atomic E-state index is -3.56. The van der Waals surface area contributed by atoms with Crippen LogP contribution in [0.15, 0.2) is 42.6 Å². The molecular formula is C19H19ClFN5O4S. The first-order chi connectivity index (χ1) is 14.7. The fourth-order valence-electron chi connectivity index (χ4n) is 2.57. The second-order valence-corrected chi connectivity index (χ2v) is 8.43. The van der Waals surface area contributed by atoms with Crippen molar-refractivity contribution in [1.82, 2.24) is 9.97 Å². The lowest BCUT2D eigenvalue weighted by Gasteiger charge is -2.15. The Labute approximate surface area is 183 Å². The predicted octanol–water partition coefficient (Wildman–Crippen LogP) is 4.15. The minimum absolute atomic E-state index is 0.156. The Balaban J connectivity index is 1.93. The molecule has 0 fully saturated rings. The third-order valence-electron chi connectivity index (χ3n) is 3.93. The molecule has 31 heavy (non-hydrogen) atoms. The Morgan fingerprint density at radius 2 is 1.74 bits per heavy atom. The zero-order valence-electron chi connectivity index (χ0n) is 16.7. The van der Waals surface area contributed by atoms with E-state index in [2.05, 4.69) is 25.3 Å². The summed E-state index contributed by atoms with van der Waals surface area (Å²) in [5, 5.41) is 6.11. The molecule has 3 N–H and O–H groups in total. The maximum absolute atomic E-state index is 13.4. The molecule has 0 aliphatic heterocycles. The Hall–Kier alpha value is -3.31. The van der Waals surface area contributed by atoms with Gasteiger partial charge in [-0.1, -0.05) is 11.6 Å². The van der Waals surface area contributed by atoms with Gasteiger partial charge in [0.2, 0.25) is 16.0 Å². The van der Waals surface area contributed by atoms with Gasteiger partial charge in [0.05, 0.1) is 43.7 Å². The number of anilines is 5. The molecule has 0 aliphatic carbocycles. The van der Waals surface area contributed by atoms with E-state index in [9.17, 15) is 12.8 Å². The highest BCUT2D eigenvalue weighted by atomic mass is 35.5. The molecule has 0 bridgehead atoms. The number of hydrogen-bond donors (Lipinski definition) is 3. The van der Waals surface area contributed by atoms with E-state index in [1.54, 1.807) is 12.1 Å². The third kappa shape index (κ3) is 5.86. The third-order valence-corrected chi connectivity index (χ3v) is 4.80. The second kappa shape index (κ2) is 9.23. The number of benzene rings is 2. The van der Waals surface area contributed by atoms with Gasteiger partial charge in [0, 0.05) is 12.1 Å². The van der Waals surface area contributed by atoms with E-state index < -0.39 is 15.8 Å². The quantitative estimate of drug-likeness (QED) is 0.452. The highest BCUT2D eigenvalue weighted by Gasteiger charge is 2.14. The SMILES string of the molecule is COc1ccc(Nc2nc(Nc3ccc(F)cc3OC)ncc2Cl)c(NS(C)(=O)=O)c1. The first-order valence-corrected chi connectivity index (χ1v) is 11.0. The number of sulfonamides is 1. The fraction of sp³-hybridized carbons (Fsp3) is 0.158. The van der Waals surface area contributed by atoms with Crippen LogP contribution in [0, 0.1) is 5.82 Å². The summed E-state index contributed by atoms with van der Waals surface area (Å²) in [6.45, 7) is 0. The summed E-state index contributed by atoms with van der Waals surface area (Å²) in [5.41, 5.74) is 1.07. The molecular weight excluding hydrogens is 449 g/mol. The number of halogens is 2. The van der Waals surface area contributed by atoms with Crippen molar-refractivity contribution in [3.8, 4) is 11.5 Å². The number of hydrogen-bond acceptors (Lipinski definition) is 8. The topological polar surface area (TPSA) is 114 Å². The molecule has 164 valence electrons. The van der Waals surface area contributed by atoms with Crippen molar-refractivity contribution in [3.05, 3.63) is 53.4 Å². The molecule has 3 rings (SSSR count). The maximum atomic E-state index is 13.4. The van der Waals surface area contributed by atoms with E-state index in [1.165, 1.54) is 44.7 Å². The van der Waals surface area contributed by atoms with Crippen LogP contribution in [0.1, 0.15) is 0 Å². The van der Waals surface area contributed by atoms with Crippen LogP contribution in [-0.2, 0) is 10.0 Å². The van der Waals surface area contributed by atoms with E-state index in [4.69, 9.17) is 21.1 Å². The number of ether oxygens (including phenoxy) is 2. The van der Waals surface area contributed by atoms with Crippen molar-refractivity contribution in [2.24, 2.45) is 0 Å². The molecule has 0 radical (unpaired) electrons. The Morgan fingerprint density at radius 3 is 2.42 bits per heavy atom. The molecule has 3 aromatic rings. The molecule has 0 atom stereocenters. The molecule has 0 unspecified atom stereocenters. The lowest BCUT2D eigenvalue weighted by Crippen LogP contribution is -2.11. The molecule has 2 aromatic carbocycles. The van der Waals surface area contributed by atoms with E-state index in [0.29, 0.717) is 17.1 Å². The molecule has 12 heteroatoms. The van der Waals surface area contributed by atoms with Crippen molar-refractivity contribution in [2.45, 2.75) is 0 Å². The molecule has 0 saturated heterocycles. The van der Waals surface area contributed by atoms with Gasteiger partial charge in [-0.25, -0.2) is 17.8 Å². The number of aromatic nitrogens is 2. The fourth-order valence-corrected chi connectivity index (χ4v) is 3.28. The first-order valence-electron chi connectivity index (χ1n) is 8.74. The lowest BCUT2D eigenvalue weighted by molar-refractivity contribution is 0.413. The Kier molecular flexibility index (Phi) is 6.66. The van der Waals surface area contributed by atoms with Gasteiger partial charge in [0.1, 0.15) is 22.3 Å². The highest BCUT2D eigenvalue weighted by molar-refractivity contribution is 7.92. The zero-order valence-corrected chi connectivity index (χ0v) is 18.3. The monoisotopic (exact) mass is 467 g/mol. The summed E-state index contributed by atoms with van der Waals surface area (Å²) in [4.78, 5) is 8.43. The molecule has 0 saturated carbocycles. The summed E-state index contributed by atoms with van der Waals surface area (Å²) in [7, 11) is -0.675. The van der Waals surface area contributed by atoms with Crippen LogP contribution in [0.3, 0.4) is 0 Å². The molecule has 1 heterocycles. The van der Waals surface area contributed by atoms with E-state index in [0.717, 1.165) is 6.26 Å². The minimum Gasteiger partial charge on any atom is -0.497 e. The number of rotatable bonds is 8. The summed E-state index contributed by atoms with van der Waals surface area (Å²) >= 11 is 6.22. The highest BCUT2D eigenvalue weighted by Crippen LogP contribution is 2.33. The normalized spacial score (nSPS) is 11.0. The van der Waals surface area contributed by atoms with Crippen molar-refractivity contribution in [3.63, 3.8) is 0 Å². The van der Waals surface area contributed by atoms with Crippen LogP contribution < -0.4 is 24.8 Å². The number of nitrogens with zero attached hydrogens (tertiary/aromatic N) is 2. The molecule has 0 spiro atoms. The summed E-state index contributed by atoms with van der Waals surface area (Å²) in [6, 6.07) is 8.74. The van der Waals surface area contributed by atoms with Gasteiger partial charge < -0.3 is 20.1 Å². The van der Waals surface area contributed by atoms with Crippen LogP contribution in [0.2, 0.25) is 5.02 Å². The largest absolute Gasteiger partial charge is 0.497 e. The second-order valence-electron chi connectivity index (χ2n) is 6.27. The Bertz CT molecular complexity index is 1210. The first kappa shape index (κ1) is 22.4. The van der Waals surface area contributed by atoms with Crippen LogP contribution in [-0.4, -0.2) is 38.9 Å². The van der Waals surface area contributed by atoms with Gasteiger partial charge in [-0.15, -0.1) is 0 Å². The number of nitrogens with one attached hydrogen (secondary N) is 3. The standard InChI is InChI=1S/C19H19ClFN5O4S/c1-29-12-5-7-14(16(9-12)26-31(3,27)28)23-18-13(20)10-22-19(25-18)24-15-6-4-11(21)8-17(15)30-2/h4-10,26H,1-3H3,(H2,22,23,24,25). The van der Waals surface area contributed by atoms with Gasteiger partial charge in [0.25, 0.3) is 0 Å².